The predicted molar refractivity (Wildman–Crippen MR) is 185 cm³/mol. The van der Waals surface area contributed by atoms with Crippen molar-refractivity contribution in [2.45, 2.75) is 129 Å². The van der Waals surface area contributed by atoms with Gasteiger partial charge in [-0.15, -0.1) is 0 Å². The number of aryl methyl sites for hydroxylation is 1. The van der Waals surface area contributed by atoms with Crippen LogP contribution in [0.3, 0.4) is 0 Å². The van der Waals surface area contributed by atoms with Crippen LogP contribution < -0.4 is 9.47 Å². The van der Waals surface area contributed by atoms with Crippen molar-refractivity contribution in [2.75, 3.05) is 6.61 Å². The van der Waals surface area contributed by atoms with Crippen molar-refractivity contribution in [2.24, 2.45) is 0 Å². The van der Waals surface area contributed by atoms with Crippen molar-refractivity contribution in [3.8, 4) is 22.9 Å². The van der Waals surface area contributed by atoms with Crippen molar-refractivity contribution in [3.05, 3.63) is 71.5 Å². The summed E-state index contributed by atoms with van der Waals surface area (Å²) in [6, 6.07) is 10.7. The number of aromatic nitrogens is 2. The molecule has 10 heteroatoms. The lowest BCUT2D eigenvalue weighted by molar-refractivity contribution is -0.206. The van der Waals surface area contributed by atoms with Crippen LogP contribution in [-0.2, 0) is 4.74 Å². The highest BCUT2D eigenvalue weighted by Gasteiger charge is 2.42. The van der Waals surface area contributed by atoms with Crippen LogP contribution in [0.25, 0.3) is 11.4 Å². The van der Waals surface area contributed by atoms with Gasteiger partial charge in [0.1, 0.15) is 5.75 Å². The van der Waals surface area contributed by atoms with Crippen molar-refractivity contribution in [1.82, 2.24) is 9.97 Å². The van der Waals surface area contributed by atoms with E-state index in [9.17, 15) is 22.8 Å². The van der Waals surface area contributed by atoms with E-state index in [1.807, 2.05) is 0 Å². The minimum atomic E-state index is -4.66. The Morgan fingerprint density at radius 3 is 1.86 bits per heavy atom. The molecule has 0 amide bonds. The second kappa shape index (κ2) is 21.2. The van der Waals surface area contributed by atoms with Crippen molar-refractivity contribution < 1.29 is 37.0 Å². The van der Waals surface area contributed by atoms with Crippen molar-refractivity contribution in [1.29, 1.82) is 0 Å². The topological polar surface area (TPSA) is 87.6 Å². The fourth-order valence-electron chi connectivity index (χ4n) is 5.41. The minimum Gasteiger partial charge on any atom is -0.490 e. The van der Waals surface area contributed by atoms with Gasteiger partial charge in [0.15, 0.2) is 17.7 Å². The third-order valence-corrected chi connectivity index (χ3v) is 8.34. The van der Waals surface area contributed by atoms with E-state index in [0.717, 1.165) is 38.5 Å². The van der Waals surface area contributed by atoms with Gasteiger partial charge in [0.2, 0.25) is 0 Å². The molecule has 2 aromatic carbocycles. The van der Waals surface area contributed by atoms with Gasteiger partial charge in [0.05, 0.1) is 30.1 Å². The molecule has 3 rings (SSSR count). The summed E-state index contributed by atoms with van der Waals surface area (Å²) < 4.78 is 56.9. The van der Waals surface area contributed by atoms with Gasteiger partial charge in [-0.2, -0.15) is 13.2 Å². The van der Waals surface area contributed by atoms with E-state index in [0.29, 0.717) is 42.1 Å². The first-order chi connectivity index (χ1) is 23.6. The molecule has 1 aromatic heterocycles. The molecule has 0 unspecified atom stereocenters. The van der Waals surface area contributed by atoms with E-state index in [1.165, 1.54) is 56.7 Å². The summed E-state index contributed by atoms with van der Waals surface area (Å²) in [5, 5.41) is 0. The fraction of sp³-hybridized carbons (Fsp3) is 0.538. The van der Waals surface area contributed by atoms with E-state index in [4.69, 9.17) is 14.2 Å². The third-order valence-electron chi connectivity index (χ3n) is 8.34. The van der Waals surface area contributed by atoms with Crippen LogP contribution in [0.4, 0.5) is 13.2 Å². The molecule has 0 radical (unpaired) electrons. The van der Waals surface area contributed by atoms with Crippen LogP contribution in [0.5, 0.6) is 11.5 Å². The van der Waals surface area contributed by atoms with E-state index in [2.05, 4.69) is 23.8 Å². The molecule has 0 saturated heterocycles. The smallest absolute Gasteiger partial charge is 0.425 e. The van der Waals surface area contributed by atoms with E-state index >= 15 is 0 Å². The molecule has 3 aromatic rings. The quantitative estimate of drug-likeness (QED) is 0.0591. The summed E-state index contributed by atoms with van der Waals surface area (Å²) in [6.45, 7) is 6.47. The van der Waals surface area contributed by atoms with E-state index in [1.54, 1.807) is 43.6 Å². The first kappa shape index (κ1) is 39.5. The lowest BCUT2D eigenvalue weighted by atomic mass is 10.1. The number of halogens is 3. The molecule has 268 valence electrons. The number of carbonyl (C=O) groups excluding carboxylic acids is 2. The zero-order valence-electron chi connectivity index (χ0n) is 29.2. The minimum absolute atomic E-state index is 0.0223. The standard InChI is InChI=1S/C39H51F3N2O5/c1-4-6-8-10-12-13-15-17-25-47-33-27-43-36(44-28-33)30-19-21-31(22-20-30)37(45)48-32-23-24-34(29(3)26-32)38(46)49-35(39(40,41)42)18-16-14-11-9-7-5-2/h19-24,26-28,35H,4-18,25H2,1-3H3/t35-/m1/s1. The van der Waals surface area contributed by atoms with Crippen molar-refractivity contribution in [3.63, 3.8) is 0 Å². The Hall–Kier alpha value is -3.95. The Morgan fingerprint density at radius 2 is 1.29 bits per heavy atom. The van der Waals surface area contributed by atoms with Crippen LogP contribution in [0.15, 0.2) is 54.9 Å². The lowest BCUT2D eigenvalue weighted by Crippen LogP contribution is -2.34. The number of alkyl halides is 3. The first-order valence-corrected chi connectivity index (χ1v) is 17.8. The number of benzene rings is 2. The third kappa shape index (κ3) is 14.2. The Labute approximate surface area is 289 Å². The highest BCUT2D eigenvalue weighted by molar-refractivity contribution is 5.93. The first-order valence-electron chi connectivity index (χ1n) is 17.8. The van der Waals surface area contributed by atoms with Gasteiger partial charge in [0, 0.05) is 5.56 Å². The van der Waals surface area contributed by atoms with Gasteiger partial charge in [-0.3, -0.25) is 0 Å². The number of hydrogen-bond donors (Lipinski definition) is 0. The summed E-state index contributed by atoms with van der Waals surface area (Å²) in [5.41, 5.74) is 1.29. The van der Waals surface area contributed by atoms with E-state index < -0.39 is 24.2 Å². The normalized spacial score (nSPS) is 12.0. The molecule has 0 aliphatic carbocycles. The van der Waals surface area contributed by atoms with Crippen LogP contribution in [0.1, 0.15) is 136 Å². The SMILES string of the molecule is CCCCCCCCCCOc1cnc(-c2ccc(C(=O)Oc3ccc(C(=O)O[C@H](CCCCCCCC)C(F)(F)F)c(C)c3)cc2)nc1. The Morgan fingerprint density at radius 1 is 0.714 bits per heavy atom. The van der Waals surface area contributed by atoms with Gasteiger partial charge in [-0.05, 0) is 62.1 Å². The van der Waals surface area contributed by atoms with Gasteiger partial charge in [0.25, 0.3) is 0 Å². The summed E-state index contributed by atoms with van der Waals surface area (Å²) in [6.07, 6.45) is 10.9. The van der Waals surface area contributed by atoms with Crippen LogP contribution in [-0.4, -0.2) is 40.8 Å². The molecular weight excluding hydrogens is 633 g/mol. The second-order valence-electron chi connectivity index (χ2n) is 12.5. The number of carbonyl (C=O) groups is 2. The number of rotatable bonds is 22. The maximum Gasteiger partial charge on any atom is 0.425 e. The Balaban J connectivity index is 1.48. The summed E-state index contributed by atoms with van der Waals surface area (Å²) in [5.74, 6) is -0.465. The molecule has 1 atom stereocenters. The Kier molecular flexibility index (Phi) is 17.1. The monoisotopic (exact) mass is 684 g/mol. The largest absolute Gasteiger partial charge is 0.490 e. The number of nitrogens with zero attached hydrogens (tertiary/aromatic N) is 2. The van der Waals surface area contributed by atoms with Gasteiger partial charge in [-0.25, -0.2) is 19.6 Å². The summed E-state index contributed by atoms with van der Waals surface area (Å²) in [4.78, 5) is 34.3. The van der Waals surface area contributed by atoms with Gasteiger partial charge < -0.3 is 14.2 Å². The second-order valence-corrected chi connectivity index (χ2v) is 12.5. The summed E-state index contributed by atoms with van der Waals surface area (Å²) >= 11 is 0. The van der Waals surface area contributed by atoms with Gasteiger partial charge in [-0.1, -0.05) is 103 Å². The lowest BCUT2D eigenvalue weighted by Gasteiger charge is -2.21. The van der Waals surface area contributed by atoms with Crippen molar-refractivity contribution >= 4 is 11.9 Å². The molecule has 0 aliphatic heterocycles. The summed E-state index contributed by atoms with van der Waals surface area (Å²) in [7, 11) is 0. The molecular formula is C39H51F3N2O5. The molecule has 0 bridgehead atoms. The number of ether oxygens (including phenoxy) is 3. The molecule has 0 saturated carbocycles. The maximum atomic E-state index is 13.6. The molecule has 0 spiro atoms. The van der Waals surface area contributed by atoms with Crippen LogP contribution >= 0.6 is 0 Å². The van der Waals surface area contributed by atoms with Crippen LogP contribution in [0.2, 0.25) is 0 Å². The molecule has 49 heavy (non-hydrogen) atoms. The predicted octanol–water partition coefficient (Wildman–Crippen LogP) is 11.0. The van der Waals surface area contributed by atoms with Crippen LogP contribution in [0, 0.1) is 6.92 Å². The molecule has 0 fully saturated rings. The van der Waals surface area contributed by atoms with E-state index in [-0.39, 0.29) is 23.3 Å². The number of esters is 2. The van der Waals surface area contributed by atoms with Gasteiger partial charge >= 0.3 is 18.1 Å². The molecule has 0 N–H and O–H groups in total. The maximum absolute atomic E-state index is 13.6. The highest BCUT2D eigenvalue weighted by Crippen LogP contribution is 2.29. The highest BCUT2D eigenvalue weighted by atomic mass is 19.4. The molecule has 7 nitrogen and oxygen atoms in total. The number of hydrogen-bond acceptors (Lipinski definition) is 7. The Bertz CT molecular complexity index is 1410. The average molecular weight is 685 g/mol. The molecule has 1 heterocycles. The average Bonchev–Trinajstić information content (AvgIpc) is 3.08. The zero-order chi connectivity index (χ0) is 35.5. The fourth-order valence-corrected chi connectivity index (χ4v) is 5.41. The number of unbranched alkanes of at least 4 members (excludes halogenated alkanes) is 12. The zero-order valence-corrected chi connectivity index (χ0v) is 29.2. The molecule has 0 aliphatic rings.